The third-order valence-corrected chi connectivity index (χ3v) is 4.72. The molecule has 24 heavy (non-hydrogen) atoms. The van der Waals surface area contributed by atoms with E-state index in [9.17, 15) is 14.0 Å². The van der Waals surface area contributed by atoms with E-state index in [1.165, 1.54) is 12.1 Å². The van der Waals surface area contributed by atoms with Crippen LogP contribution >= 0.6 is 11.6 Å². The molecule has 1 N–H and O–H groups in total. The Labute approximate surface area is 144 Å². The molecular weight excluding hydrogens is 331 g/mol. The molecule has 1 aliphatic rings. The summed E-state index contributed by atoms with van der Waals surface area (Å²) in [5.41, 5.74) is 1.14. The van der Waals surface area contributed by atoms with Gasteiger partial charge in [-0.2, -0.15) is 0 Å². The molecule has 0 spiro atoms. The molecule has 1 aliphatic heterocycles. The fraction of sp³-hybridized carbons (Fsp3) is 0.333. The zero-order valence-electron chi connectivity index (χ0n) is 13.3. The predicted molar refractivity (Wildman–Crippen MR) is 91.0 cm³/mol. The molecule has 1 unspecified atom stereocenters. The van der Waals surface area contributed by atoms with Gasteiger partial charge in [-0.1, -0.05) is 17.7 Å². The van der Waals surface area contributed by atoms with E-state index in [2.05, 4.69) is 4.98 Å². The van der Waals surface area contributed by atoms with Gasteiger partial charge in [0, 0.05) is 40.5 Å². The van der Waals surface area contributed by atoms with Gasteiger partial charge < -0.3 is 9.88 Å². The molecule has 0 radical (unpaired) electrons. The second-order valence-corrected chi connectivity index (χ2v) is 6.52. The normalized spacial score (nSPS) is 17.3. The van der Waals surface area contributed by atoms with Crippen LogP contribution in [0.2, 0.25) is 5.02 Å². The first-order valence-corrected chi connectivity index (χ1v) is 8.28. The number of hydrogen-bond acceptors (Lipinski definition) is 2. The van der Waals surface area contributed by atoms with Crippen molar-refractivity contribution in [2.45, 2.75) is 32.2 Å². The molecule has 0 aliphatic carbocycles. The third-order valence-electron chi connectivity index (χ3n) is 4.37. The van der Waals surface area contributed by atoms with Crippen LogP contribution in [0.4, 0.5) is 4.39 Å². The molecule has 1 amide bonds. The predicted octanol–water partition coefficient (Wildman–Crippen LogP) is 3.32. The van der Waals surface area contributed by atoms with Crippen LogP contribution in [0.3, 0.4) is 0 Å². The average Bonchev–Trinajstić information content (AvgIpc) is 2.97. The number of nitrogens with zero attached hydrogens (tertiary/aromatic N) is 1. The topological polar surface area (TPSA) is 53.2 Å². The summed E-state index contributed by atoms with van der Waals surface area (Å²) < 4.78 is 14.0. The first kappa shape index (κ1) is 16.7. The molecule has 6 heteroatoms. The highest BCUT2D eigenvalue weighted by Crippen LogP contribution is 2.27. The van der Waals surface area contributed by atoms with E-state index < -0.39 is 0 Å². The van der Waals surface area contributed by atoms with Crippen molar-refractivity contribution in [2.75, 3.05) is 6.54 Å². The van der Waals surface area contributed by atoms with Crippen molar-refractivity contribution < 1.29 is 9.18 Å². The van der Waals surface area contributed by atoms with Gasteiger partial charge in [0.25, 0.3) is 5.91 Å². The number of aromatic amines is 1. The van der Waals surface area contributed by atoms with Gasteiger partial charge in [-0.15, -0.1) is 0 Å². The summed E-state index contributed by atoms with van der Waals surface area (Å²) in [6.45, 7) is 2.33. The molecule has 0 bridgehead atoms. The molecule has 2 heterocycles. The van der Waals surface area contributed by atoms with E-state index in [0.29, 0.717) is 34.8 Å². The van der Waals surface area contributed by atoms with Gasteiger partial charge in [0.2, 0.25) is 5.56 Å². The smallest absolute Gasteiger partial charge is 0.254 e. The van der Waals surface area contributed by atoms with Crippen LogP contribution in [0.5, 0.6) is 0 Å². The largest absolute Gasteiger partial charge is 0.335 e. The highest BCUT2D eigenvalue weighted by molar-refractivity contribution is 6.31. The number of aryl methyl sites for hydroxylation is 1. The molecule has 0 saturated carbocycles. The zero-order valence-corrected chi connectivity index (χ0v) is 14.1. The Morgan fingerprint density at radius 3 is 2.92 bits per heavy atom. The average molecular weight is 349 g/mol. The van der Waals surface area contributed by atoms with Crippen molar-refractivity contribution in [3.63, 3.8) is 0 Å². The third kappa shape index (κ3) is 3.36. The number of hydrogen-bond donors (Lipinski definition) is 1. The molecule has 4 nitrogen and oxygen atoms in total. The number of likely N-dealkylation sites (tertiary alicyclic amines) is 1. The summed E-state index contributed by atoms with van der Waals surface area (Å²) in [7, 11) is 0. The number of amides is 1. The zero-order chi connectivity index (χ0) is 17.3. The van der Waals surface area contributed by atoms with Crippen LogP contribution in [0.25, 0.3) is 0 Å². The van der Waals surface area contributed by atoms with Gasteiger partial charge in [0.15, 0.2) is 0 Å². The summed E-state index contributed by atoms with van der Waals surface area (Å²) in [5, 5.41) is 0.376. The molecule has 1 atom stereocenters. The van der Waals surface area contributed by atoms with E-state index >= 15 is 0 Å². The number of benzene rings is 1. The number of H-pyrrole nitrogens is 1. The second kappa shape index (κ2) is 6.77. The molecule has 1 aromatic carbocycles. The maximum atomic E-state index is 14.0. The highest BCUT2D eigenvalue weighted by atomic mass is 35.5. The van der Waals surface area contributed by atoms with E-state index in [1.807, 2.05) is 0 Å². The van der Waals surface area contributed by atoms with Crippen LogP contribution < -0.4 is 5.56 Å². The summed E-state index contributed by atoms with van der Waals surface area (Å²) in [4.78, 5) is 28.7. The number of carbonyl (C=O) groups excluding carboxylic acids is 1. The minimum atomic E-state index is -0.353. The SMILES string of the molecule is Cc1cc(C(=O)N2CCCC2Cc2c(F)cccc2Cl)cc(=O)[nH]1. The van der Waals surface area contributed by atoms with Crippen molar-refractivity contribution in [2.24, 2.45) is 0 Å². The van der Waals surface area contributed by atoms with Crippen LogP contribution in [0.1, 0.15) is 34.5 Å². The Kier molecular flexibility index (Phi) is 4.71. The fourth-order valence-corrected chi connectivity index (χ4v) is 3.49. The van der Waals surface area contributed by atoms with Gasteiger partial charge in [-0.05, 0) is 44.4 Å². The Morgan fingerprint density at radius 2 is 2.21 bits per heavy atom. The maximum Gasteiger partial charge on any atom is 0.254 e. The molecule has 1 fully saturated rings. The Balaban J connectivity index is 1.85. The van der Waals surface area contributed by atoms with Crippen molar-refractivity contribution in [3.05, 3.63) is 68.3 Å². The lowest BCUT2D eigenvalue weighted by Gasteiger charge is -2.25. The molecular formula is C18H18ClFN2O2. The Bertz CT molecular complexity index is 814. The second-order valence-electron chi connectivity index (χ2n) is 6.12. The Hall–Kier alpha value is -2.14. The molecule has 126 valence electrons. The number of rotatable bonds is 3. The number of nitrogens with one attached hydrogen (secondary N) is 1. The van der Waals surface area contributed by atoms with Crippen molar-refractivity contribution in [1.29, 1.82) is 0 Å². The van der Waals surface area contributed by atoms with Gasteiger partial charge in [-0.3, -0.25) is 9.59 Å². The summed E-state index contributed by atoms with van der Waals surface area (Å²) >= 11 is 6.10. The molecule has 2 aromatic rings. The number of halogens is 2. The highest BCUT2D eigenvalue weighted by Gasteiger charge is 2.30. The first-order chi connectivity index (χ1) is 11.5. The Morgan fingerprint density at radius 1 is 1.42 bits per heavy atom. The standard InChI is InChI=1S/C18H18ClFN2O2/c1-11-8-12(9-17(23)21-11)18(24)22-7-3-4-13(22)10-14-15(19)5-2-6-16(14)20/h2,5-6,8-9,13H,3-4,7,10H2,1H3,(H,21,23). The van der Waals surface area contributed by atoms with Crippen LogP contribution in [-0.2, 0) is 6.42 Å². The summed E-state index contributed by atoms with van der Waals surface area (Å²) in [6, 6.07) is 7.45. The van der Waals surface area contributed by atoms with Crippen molar-refractivity contribution in [1.82, 2.24) is 9.88 Å². The van der Waals surface area contributed by atoms with Crippen molar-refractivity contribution in [3.8, 4) is 0 Å². The first-order valence-electron chi connectivity index (χ1n) is 7.90. The summed E-state index contributed by atoms with van der Waals surface area (Å²) in [5.74, 6) is -0.548. The van der Waals surface area contributed by atoms with Gasteiger partial charge in [0.05, 0.1) is 0 Å². The lowest BCUT2D eigenvalue weighted by molar-refractivity contribution is 0.0735. The molecule has 1 aromatic heterocycles. The van der Waals surface area contributed by atoms with Crippen LogP contribution in [-0.4, -0.2) is 28.4 Å². The van der Waals surface area contributed by atoms with E-state index in [-0.39, 0.29) is 23.3 Å². The van der Waals surface area contributed by atoms with E-state index in [4.69, 9.17) is 11.6 Å². The van der Waals surface area contributed by atoms with Crippen molar-refractivity contribution >= 4 is 17.5 Å². The molecule has 3 rings (SSSR count). The maximum absolute atomic E-state index is 14.0. The lowest BCUT2D eigenvalue weighted by atomic mass is 10.0. The fourth-order valence-electron chi connectivity index (χ4n) is 3.25. The lowest BCUT2D eigenvalue weighted by Crippen LogP contribution is -2.37. The van der Waals surface area contributed by atoms with Gasteiger partial charge in [0.1, 0.15) is 5.82 Å². The van der Waals surface area contributed by atoms with Crippen LogP contribution in [0.15, 0.2) is 35.1 Å². The van der Waals surface area contributed by atoms with E-state index in [1.54, 1.807) is 30.0 Å². The van der Waals surface area contributed by atoms with E-state index in [0.717, 1.165) is 12.8 Å². The van der Waals surface area contributed by atoms with Gasteiger partial charge >= 0.3 is 0 Å². The number of carbonyl (C=O) groups is 1. The monoisotopic (exact) mass is 348 g/mol. The minimum absolute atomic E-state index is 0.119. The molecule has 1 saturated heterocycles. The van der Waals surface area contributed by atoms with Crippen LogP contribution in [0, 0.1) is 12.7 Å². The number of pyridine rings is 1. The van der Waals surface area contributed by atoms with Gasteiger partial charge in [-0.25, -0.2) is 4.39 Å². The quantitative estimate of drug-likeness (QED) is 0.925. The number of aromatic nitrogens is 1. The summed E-state index contributed by atoms with van der Waals surface area (Å²) in [6.07, 6.45) is 2.02. The minimum Gasteiger partial charge on any atom is -0.335 e.